The minimum atomic E-state index is -3.88. The molecule has 0 N–H and O–H groups in total. The van der Waals surface area contributed by atoms with Crippen molar-refractivity contribution in [2.24, 2.45) is 0 Å². The van der Waals surface area contributed by atoms with Crippen molar-refractivity contribution in [2.75, 3.05) is 6.26 Å². The van der Waals surface area contributed by atoms with Gasteiger partial charge in [0.05, 0.1) is 6.26 Å². The summed E-state index contributed by atoms with van der Waals surface area (Å²) in [5.41, 5.74) is 0.156. The zero-order valence-corrected chi connectivity index (χ0v) is 9.69. The lowest BCUT2D eigenvalue weighted by molar-refractivity contribution is -0.122. The van der Waals surface area contributed by atoms with E-state index >= 15 is 0 Å². The Kier molecular flexibility index (Phi) is 3.44. The first-order valence-electron chi connectivity index (χ1n) is 4.44. The second kappa shape index (κ2) is 4.44. The van der Waals surface area contributed by atoms with Crippen LogP contribution in [0.25, 0.3) is 0 Å². The lowest BCUT2D eigenvalue weighted by Gasteiger charge is -2.16. The summed E-state index contributed by atoms with van der Waals surface area (Å²) in [6.07, 6.45) is 0.815. The van der Waals surface area contributed by atoms with Crippen molar-refractivity contribution in [1.29, 1.82) is 0 Å². The highest BCUT2D eigenvalue weighted by atomic mass is 32.2. The van der Waals surface area contributed by atoms with E-state index in [1.54, 1.807) is 18.2 Å². The van der Waals surface area contributed by atoms with Crippen LogP contribution in [-0.2, 0) is 14.8 Å². The van der Waals surface area contributed by atoms with E-state index in [1.165, 1.54) is 12.1 Å². The number of rotatable bonds is 2. The highest BCUT2D eigenvalue weighted by molar-refractivity contribution is 7.89. The molecule has 0 fully saturated rings. The molecule has 0 unspecified atom stereocenters. The Balaban J connectivity index is 3.18. The highest BCUT2D eigenvalue weighted by Crippen LogP contribution is 2.08. The summed E-state index contributed by atoms with van der Waals surface area (Å²) in [5, 5.41) is 0. The molecule has 0 aliphatic carbocycles. The fourth-order valence-corrected chi connectivity index (χ4v) is 2.10. The van der Waals surface area contributed by atoms with Crippen LogP contribution in [0.4, 0.5) is 0 Å². The molecule has 0 heterocycles. The van der Waals surface area contributed by atoms with Gasteiger partial charge in [0.1, 0.15) is 0 Å². The maximum absolute atomic E-state index is 11.8. The Morgan fingerprint density at radius 2 is 1.62 bits per heavy atom. The molecule has 0 aliphatic rings. The lowest BCUT2D eigenvalue weighted by atomic mass is 10.2. The number of nitrogens with zero attached hydrogens (tertiary/aromatic N) is 1. The van der Waals surface area contributed by atoms with Gasteiger partial charge in [-0.25, -0.2) is 8.42 Å². The van der Waals surface area contributed by atoms with Crippen LogP contribution in [0.5, 0.6) is 0 Å². The average molecular weight is 241 g/mol. The number of sulfonamides is 1. The molecule has 0 spiro atoms. The Hall–Kier alpha value is -1.69. The maximum Gasteiger partial charge on any atom is 0.274 e. The third kappa shape index (κ3) is 2.66. The van der Waals surface area contributed by atoms with Gasteiger partial charge >= 0.3 is 0 Å². The molecule has 0 aromatic heterocycles. The zero-order chi connectivity index (χ0) is 12.3. The largest absolute Gasteiger partial charge is 0.274 e. The van der Waals surface area contributed by atoms with Crippen molar-refractivity contribution in [3.63, 3.8) is 0 Å². The minimum absolute atomic E-state index is 0.156. The second-order valence-electron chi connectivity index (χ2n) is 3.22. The van der Waals surface area contributed by atoms with Gasteiger partial charge in [-0.2, -0.15) is 4.31 Å². The molecular formula is C10H11NO4S. The van der Waals surface area contributed by atoms with Crippen molar-refractivity contribution in [3.8, 4) is 0 Å². The average Bonchev–Trinajstić information content (AvgIpc) is 2.16. The van der Waals surface area contributed by atoms with Crippen LogP contribution < -0.4 is 0 Å². The Bertz CT molecular complexity index is 507. The summed E-state index contributed by atoms with van der Waals surface area (Å²) >= 11 is 0. The summed E-state index contributed by atoms with van der Waals surface area (Å²) in [4.78, 5) is 22.9. The Morgan fingerprint density at radius 1 is 1.12 bits per heavy atom. The van der Waals surface area contributed by atoms with Crippen molar-refractivity contribution in [3.05, 3.63) is 35.9 Å². The van der Waals surface area contributed by atoms with E-state index in [2.05, 4.69) is 0 Å². The lowest BCUT2D eigenvalue weighted by Crippen LogP contribution is -2.39. The molecule has 1 aromatic carbocycles. The Labute approximate surface area is 93.7 Å². The number of hydrogen-bond donors (Lipinski definition) is 0. The minimum Gasteiger partial charge on any atom is -0.274 e. The molecule has 1 aromatic rings. The summed E-state index contributed by atoms with van der Waals surface area (Å²) in [6.45, 7) is 1.03. The number of carbonyl (C=O) groups is 2. The van der Waals surface area contributed by atoms with Gasteiger partial charge in [-0.15, -0.1) is 0 Å². The quantitative estimate of drug-likeness (QED) is 0.761. The van der Waals surface area contributed by atoms with Crippen molar-refractivity contribution in [1.82, 2.24) is 4.31 Å². The van der Waals surface area contributed by atoms with E-state index in [-0.39, 0.29) is 9.87 Å². The first-order chi connectivity index (χ1) is 7.34. The third-order valence-electron chi connectivity index (χ3n) is 1.82. The van der Waals surface area contributed by atoms with Gasteiger partial charge in [-0.1, -0.05) is 18.2 Å². The molecule has 6 heteroatoms. The van der Waals surface area contributed by atoms with Crippen molar-refractivity contribution in [2.45, 2.75) is 6.92 Å². The molecule has 86 valence electrons. The van der Waals surface area contributed by atoms with Crippen molar-refractivity contribution >= 4 is 21.8 Å². The van der Waals surface area contributed by atoms with Crippen LogP contribution in [0.3, 0.4) is 0 Å². The van der Waals surface area contributed by atoms with Crippen LogP contribution in [0.15, 0.2) is 30.3 Å². The van der Waals surface area contributed by atoms with E-state index in [4.69, 9.17) is 0 Å². The highest BCUT2D eigenvalue weighted by Gasteiger charge is 2.28. The molecule has 0 atom stereocenters. The third-order valence-corrected chi connectivity index (χ3v) is 2.91. The summed E-state index contributed by atoms with van der Waals surface area (Å²) < 4.78 is 22.8. The SMILES string of the molecule is CC(=O)N(C(=O)c1ccccc1)S(C)(=O)=O. The van der Waals surface area contributed by atoms with Gasteiger partial charge in [0.25, 0.3) is 5.91 Å². The van der Waals surface area contributed by atoms with Crippen LogP contribution in [0, 0.1) is 0 Å². The zero-order valence-electron chi connectivity index (χ0n) is 8.88. The molecule has 0 saturated heterocycles. The van der Waals surface area contributed by atoms with Crippen molar-refractivity contribution < 1.29 is 18.0 Å². The van der Waals surface area contributed by atoms with Gasteiger partial charge in [-0.05, 0) is 12.1 Å². The van der Waals surface area contributed by atoms with E-state index in [9.17, 15) is 18.0 Å². The van der Waals surface area contributed by atoms with Gasteiger partial charge in [0.2, 0.25) is 15.9 Å². The van der Waals surface area contributed by atoms with Gasteiger partial charge in [0.15, 0.2) is 0 Å². The molecule has 1 rings (SSSR count). The molecule has 16 heavy (non-hydrogen) atoms. The van der Waals surface area contributed by atoms with E-state index < -0.39 is 21.8 Å². The van der Waals surface area contributed by atoms with Crippen LogP contribution >= 0.6 is 0 Å². The summed E-state index contributed by atoms with van der Waals surface area (Å²) in [6, 6.07) is 7.77. The van der Waals surface area contributed by atoms with Crippen LogP contribution in [0.1, 0.15) is 17.3 Å². The molecule has 0 bridgehead atoms. The number of hydrogen-bond acceptors (Lipinski definition) is 4. The normalized spacial score (nSPS) is 10.9. The standard InChI is InChI=1S/C10H11NO4S/c1-8(12)11(16(2,14)15)10(13)9-6-4-3-5-7-9/h3-7H,1-2H3. The first-order valence-corrected chi connectivity index (χ1v) is 6.29. The predicted octanol–water partition coefficient (Wildman–Crippen LogP) is 0.635. The summed E-state index contributed by atoms with van der Waals surface area (Å²) in [5.74, 6) is -1.66. The second-order valence-corrected chi connectivity index (χ2v) is 5.05. The molecule has 0 aliphatic heterocycles. The molecule has 0 radical (unpaired) electrons. The predicted molar refractivity (Wildman–Crippen MR) is 58.1 cm³/mol. The molecular weight excluding hydrogens is 230 g/mol. The number of amides is 2. The molecule has 0 saturated carbocycles. The first kappa shape index (κ1) is 12.4. The summed E-state index contributed by atoms with van der Waals surface area (Å²) in [7, 11) is -3.88. The van der Waals surface area contributed by atoms with E-state index in [0.717, 1.165) is 13.2 Å². The topological polar surface area (TPSA) is 71.5 Å². The molecule has 2 amide bonds. The Morgan fingerprint density at radius 3 is 2.00 bits per heavy atom. The fourth-order valence-electron chi connectivity index (χ4n) is 1.23. The maximum atomic E-state index is 11.8. The van der Waals surface area contributed by atoms with Crippen LogP contribution in [0.2, 0.25) is 0 Å². The van der Waals surface area contributed by atoms with Crippen LogP contribution in [-0.4, -0.2) is 30.8 Å². The fraction of sp³-hybridized carbons (Fsp3) is 0.200. The van der Waals surface area contributed by atoms with Gasteiger partial charge < -0.3 is 0 Å². The number of imide groups is 1. The van der Waals surface area contributed by atoms with Gasteiger partial charge in [0, 0.05) is 12.5 Å². The smallest absolute Gasteiger partial charge is 0.274 e. The monoisotopic (exact) mass is 241 g/mol. The molecule has 5 nitrogen and oxygen atoms in total. The number of benzene rings is 1. The van der Waals surface area contributed by atoms with Gasteiger partial charge in [-0.3, -0.25) is 9.59 Å². The van der Waals surface area contributed by atoms with E-state index in [0.29, 0.717) is 0 Å². The number of carbonyl (C=O) groups excluding carboxylic acids is 2. The van der Waals surface area contributed by atoms with E-state index in [1.807, 2.05) is 0 Å².